The van der Waals surface area contributed by atoms with Crippen molar-refractivity contribution in [2.75, 3.05) is 0 Å². The van der Waals surface area contributed by atoms with E-state index >= 15 is 0 Å². The Balaban J connectivity index is 1.78. The minimum Gasteiger partial charge on any atom is -0.444 e. The molecule has 0 radical (unpaired) electrons. The van der Waals surface area contributed by atoms with Crippen molar-refractivity contribution in [2.24, 2.45) is 17.6 Å². The third-order valence-electron chi connectivity index (χ3n) is 3.56. The summed E-state index contributed by atoms with van der Waals surface area (Å²) in [5.74, 6) is 1.32. The van der Waals surface area contributed by atoms with E-state index < -0.39 is 5.60 Å². The van der Waals surface area contributed by atoms with Gasteiger partial charge in [0.05, 0.1) is 0 Å². The molecule has 2 aliphatic rings. The summed E-state index contributed by atoms with van der Waals surface area (Å²) in [6.45, 7) is 5.63. The van der Waals surface area contributed by atoms with Crippen LogP contribution >= 0.6 is 0 Å². The van der Waals surface area contributed by atoms with Crippen molar-refractivity contribution in [3.63, 3.8) is 0 Å². The fourth-order valence-electron chi connectivity index (χ4n) is 2.90. The molecule has 2 fully saturated rings. The molecular weight excluding hydrogens is 204 g/mol. The molecule has 1 amide bonds. The molecule has 0 spiro atoms. The summed E-state index contributed by atoms with van der Waals surface area (Å²) in [4.78, 5) is 11.6. The van der Waals surface area contributed by atoms with Crippen molar-refractivity contribution < 1.29 is 9.53 Å². The van der Waals surface area contributed by atoms with Crippen LogP contribution in [0.4, 0.5) is 4.79 Å². The molecule has 0 aromatic carbocycles. The summed E-state index contributed by atoms with van der Waals surface area (Å²) in [5.41, 5.74) is 5.49. The van der Waals surface area contributed by atoms with Crippen LogP contribution in [0.3, 0.4) is 0 Å². The highest BCUT2D eigenvalue weighted by Gasteiger charge is 2.47. The van der Waals surface area contributed by atoms with E-state index in [-0.39, 0.29) is 12.1 Å². The van der Waals surface area contributed by atoms with Gasteiger partial charge in [-0.15, -0.1) is 0 Å². The number of nitrogens with two attached hydrogens (primary N) is 1. The molecule has 16 heavy (non-hydrogen) atoms. The molecule has 0 aliphatic heterocycles. The van der Waals surface area contributed by atoms with Crippen LogP contribution in [0.5, 0.6) is 0 Å². The summed E-state index contributed by atoms with van der Waals surface area (Å²) in [5, 5.41) is 2.95. The molecule has 0 bridgehead atoms. The van der Waals surface area contributed by atoms with E-state index in [9.17, 15) is 4.79 Å². The van der Waals surface area contributed by atoms with Gasteiger partial charge >= 0.3 is 6.09 Å². The number of nitrogens with one attached hydrogen (secondary N) is 1. The number of hydrogen-bond acceptors (Lipinski definition) is 3. The highest BCUT2D eigenvalue weighted by molar-refractivity contribution is 5.68. The summed E-state index contributed by atoms with van der Waals surface area (Å²) in [6, 6.07) is 0.619. The molecule has 4 atom stereocenters. The van der Waals surface area contributed by atoms with E-state index in [1.54, 1.807) is 0 Å². The topological polar surface area (TPSA) is 64.3 Å². The third kappa shape index (κ3) is 2.48. The van der Waals surface area contributed by atoms with Crippen molar-refractivity contribution >= 4 is 6.09 Å². The quantitative estimate of drug-likeness (QED) is 0.714. The number of ether oxygens (including phenoxy) is 1. The van der Waals surface area contributed by atoms with Crippen molar-refractivity contribution in [1.29, 1.82) is 0 Å². The van der Waals surface area contributed by atoms with Gasteiger partial charge in [0.25, 0.3) is 0 Å². The van der Waals surface area contributed by atoms with E-state index in [0.29, 0.717) is 12.0 Å². The van der Waals surface area contributed by atoms with Crippen molar-refractivity contribution in [1.82, 2.24) is 5.32 Å². The van der Waals surface area contributed by atoms with E-state index in [1.165, 1.54) is 0 Å². The molecule has 0 saturated heterocycles. The summed E-state index contributed by atoms with van der Waals surface area (Å²) in [7, 11) is 0. The lowest BCUT2D eigenvalue weighted by Crippen LogP contribution is -2.51. The van der Waals surface area contributed by atoms with Crippen LogP contribution in [0.2, 0.25) is 0 Å². The van der Waals surface area contributed by atoms with Crippen LogP contribution in [-0.4, -0.2) is 23.8 Å². The van der Waals surface area contributed by atoms with Crippen LogP contribution in [0.1, 0.15) is 40.0 Å². The number of fused-ring (bicyclic) bond motifs is 1. The molecule has 92 valence electrons. The van der Waals surface area contributed by atoms with Gasteiger partial charge in [-0.05, 0) is 51.9 Å². The number of rotatable bonds is 1. The fourth-order valence-corrected chi connectivity index (χ4v) is 2.90. The van der Waals surface area contributed by atoms with Crippen molar-refractivity contribution in [3.8, 4) is 0 Å². The Bertz CT molecular complexity index is 285. The Morgan fingerprint density at radius 1 is 1.31 bits per heavy atom. The maximum atomic E-state index is 11.6. The van der Waals surface area contributed by atoms with Crippen LogP contribution < -0.4 is 11.1 Å². The Labute approximate surface area is 96.9 Å². The lowest BCUT2D eigenvalue weighted by atomic mass is 9.71. The lowest BCUT2D eigenvalue weighted by molar-refractivity contribution is 0.0385. The second kappa shape index (κ2) is 3.91. The lowest BCUT2D eigenvalue weighted by Gasteiger charge is -2.40. The van der Waals surface area contributed by atoms with Gasteiger partial charge in [0.2, 0.25) is 0 Å². The highest BCUT2D eigenvalue weighted by atomic mass is 16.6. The molecule has 3 N–H and O–H groups in total. The number of amides is 1. The van der Waals surface area contributed by atoms with Gasteiger partial charge in [-0.3, -0.25) is 0 Å². The Morgan fingerprint density at radius 2 is 2.00 bits per heavy atom. The molecule has 2 rings (SSSR count). The first-order valence-corrected chi connectivity index (χ1v) is 6.10. The second-order valence-corrected chi connectivity index (χ2v) is 6.14. The average molecular weight is 226 g/mol. The third-order valence-corrected chi connectivity index (χ3v) is 3.56. The van der Waals surface area contributed by atoms with Gasteiger partial charge in [0.15, 0.2) is 0 Å². The molecule has 0 heterocycles. The zero-order valence-electron chi connectivity index (χ0n) is 10.3. The summed E-state index contributed by atoms with van der Waals surface area (Å²) >= 11 is 0. The minimum atomic E-state index is -0.417. The van der Waals surface area contributed by atoms with Crippen LogP contribution in [0.25, 0.3) is 0 Å². The number of carbonyl (C=O) groups is 1. The zero-order chi connectivity index (χ0) is 11.9. The fraction of sp³-hybridized carbons (Fsp3) is 0.917. The smallest absolute Gasteiger partial charge is 0.407 e. The van der Waals surface area contributed by atoms with Gasteiger partial charge < -0.3 is 15.8 Å². The largest absolute Gasteiger partial charge is 0.444 e. The standard InChI is InChI=1S/C12H22N2O2/c1-12(2,3)16-11(15)14-10-5-7-4-8(13)6-9(7)10/h7-10H,4-6,13H2,1-3H3,(H,14,15)/t7-,8+,9-,10+/m1/s1. The molecule has 0 aromatic rings. The van der Waals surface area contributed by atoms with Crippen LogP contribution in [0.15, 0.2) is 0 Å². The van der Waals surface area contributed by atoms with Crippen molar-refractivity contribution in [2.45, 2.75) is 57.7 Å². The second-order valence-electron chi connectivity index (χ2n) is 6.14. The molecular formula is C12H22N2O2. The van der Waals surface area contributed by atoms with E-state index in [0.717, 1.165) is 25.2 Å². The zero-order valence-corrected chi connectivity index (χ0v) is 10.3. The first-order valence-electron chi connectivity index (χ1n) is 6.10. The maximum Gasteiger partial charge on any atom is 0.407 e. The van der Waals surface area contributed by atoms with Crippen LogP contribution in [0, 0.1) is 11.8 Å². The summed E-state index contributed by atoms with van der Waals surface area (Å²) in [6.07, 6.45) is 2.94. The molecule has 2 saturated carbocycles. The Kier molecular flexibility index (Phi) is 2.86. The molecule has 4 heteroatoms. The van der Waals surface area contributed by atoms with E-state index in [2.05, 4.69) is 5.32 Å². The Morgan fingerprint density at radius 3 is 2.56 bits per heavy atom. The van der Waals surface area contributed by atoms with Gasteiger partial charge in [-0.25, -0.2) is 4.79 Å². The average Bonchev–Trinajstić information content (AvgIpc) is 2.36. The van der Waals surface area contributed by atoms with Gasteiger partial charge in [-0.2, -0.15) is 0 Å². The van der Waals surface area contributed by atoms with Gasteiger partial charge in [0, 0.05) is 12.1 Å². The SMILES string of the molecule is CC(C)(C)OC(=O)N[C@H]1C[C@H]2C[C@H](N)C[C@H]21. The predicted octanol–water partition coefficient (Wildman–Crippen LogP) is 1.64. The molecule has 4 nitrogen and oxygen atoms in total. The van der Waals surface area contributed by atoms with E-state index in [4.69, 9.17) is 10.5 Å². The maximum absolute atomic E-state index is 11.6. The first kappa shape index (κ1) is 11.7. The molecule has 0 aromatic heterocycles. The van der Waals surface area contributed by atoms with E-state index in [1.807, 2.05) is 20.8 Å². The first-order chi connectivity index (χ1) is 7.35. The number of hydrogen-bond donors (Lipinski definition) is 2. The van der Waals surface area contributed by atoms with Gasteiger partial charge in [0.1, 0.15) is 5.60 Å². The van der Waals surface area contributed by atoms with Crippen molar-refractivity contribution in [3.05, 3.63) is 0 Å². The molecule has 2 aliphatic carbocycles. The molecule has 0 unspecified atom stereocenters. The Hall–Kier alpha value is -0.770. The normalized spacial score (nSPS) is 37.5. The predicted molar refractivity (Wildman–Crippen MR) is 62.0 cm³/mol. The minimum absolute atomic E-state index is 0.286. The van der Waals surface area contributed by atoms with Crippen LogP contribution in [-0.2, 0) is 4.74 Å². The monoisotopic (exact) mass is 226 g/mol. The van der Waals surface area contributed by atoms with Gasteiger partial charge in [-0.1, -0.05) is 0 Å². The number of alkyl carbamates (subject to hydrolysis) is 1. The summed E-state index contributed by atoms with van der Waals surface area (Å²) < 4.78 is 5.24. The highest BCUT2D eigenvalue weighted by Crippen LogP contribution is 2.46. The number of carbonyl (C=O) groups excluding carboxylic acids is 1.